The van der Waals surface area contributed by atoms with Crippen LogP contribution in [0.2, 0.25) is 0 Å². The minimum Gasteiger partial charge on any atom is -0.497 e. The molecule has 0 amide bonds. The third-order valence-corrected chi connectivity index (χ3v) is 4.56. The molecule has 2 aromatic rings. The molecular weight excluding hydrogens is 244 g/mol. The fourth-order valence-corrected chi connectivity index (χ4v) is 3.33. The number of ether oxygens (including phenoxy) is 1. The van der Waals surface area contributed by atoms with Crippen LogP contribution in [0.25, 0.3) is 10.2 Å². The van der Waals surface area contributed by atoms with Gasteiger partial charge in [0.25, 0.3) is 0 Å². The molecule has 1 aromatic heterocycles. The van der Waals surface area contributed by atoms with E-state index in [1.807, 2.05) is 18.2 Å². The number of nitrogens with zero attached hydrogens (tertiary/aromatic N) is 1. The summed E-state index contributed by atoms with van der Waals surface area (Å²) in [6.07, 6.45) is 2.66. The van der Waals surface area contributed by atoms with Gasteiger partial charge in [0, 0.05) is 5.54 Å². The van der Waals surface area contributed by atoms with E-state index < -0.39 is 0 Å². The summed E-state index contributed by atoms with van der Waals surface area (Å²) in [5.74, 6) is 1.68. The largest absolute Gasteiger partial charge is 0.497 e. The molecule has 0 unspecified atom stereocenters. The number of nitrogens with one attached hydrogen (secondary N) is 1. The first-order chi connectivity index (χ1) is 8.58. The van der Waals surface area contributed by atoms with Gasteiger partial charge in [-0.2, -0.15) is 0 Å². The van der Waals surface area contributed by atoms with Crippen LogP contribution in [0.15, 0.2) is 18.2 Å². The van der Waals surface area contributed by atoms with E-state index in [-0.39, 0.29) is 5.54 Å². The predicted molar refractivity (Wildman–Crippen MR) is 76.6 cm³/mol. The van der Waals surface area contributed by atoms with Crippen molar-refractivity contribution in [1.29, 1.82) is 0 Å². The number of hydrogen-bond donors (Lipinski definition) is 1. The van der Waals surface area contributed by atoms with Crippen molar-refractivity contribution >= 4 is 26.7 Å². The molecule has 3 nitrogen and oxygen atoms in total. The first-order valence-electron chi connectivity index (χ1n) is 6.31. The van der Waals surface area contributed by atoms with Gasteiger partial charge in [0.15, 0.2) is 5.13 Å². The van der Waals surface area contributed by atoms with Gasteiger partial charge >= 0.3 is 0 Å². The van der Waals surface area contributed by atoms with Crippen LogP contribution in [0.1, 0.15) is 26.7 Å². The van der Waals surface area contributed by atoms with Gasteiger partial charge in [-0.05, 0) is 50.8 Å². The zero-order valence-corrected chi connectivity index (χ0v) is 11.8. The van der Waals surface area contributed by atoms with Gasteiger partial charge in [0.1, 0.15) is 5.75 Å². The Morgan fingerprint density at radius 1 is 1.39 bits per heavy atom. The third kappa shape index (κ3) is 2.17. The standard InChI is InChI=1S/C14H18N2OS/c1-14(2,9-4-5-9)16-13-15-11-7-6-10(17-3)8-12(11)18-13/h6-9H,4-5H2,1-3H3,(H,15,16). The first-order valence-corrected chi connectivity index (χ1v) is 7.13. The molecule has 1 fully saturated rings. The molecule has 96 valence electrons. The normalized spacial score (nSPS) is 15.9. The summed E-state index contributed by atoms with van der Waals surface area (Å²) >= 11 is 1.70. The Labute approximate surface area is 111 Å². The summed E-state index contributed by atoms with van der Waals surface area (Å²) in [4.78, 5) is 4.64. The molecule has 0 atom stereocenters. The van der Waals surface area contributed by atoms with E-state index in [0.717, 1.165) is 22.3 Å². The summed E-state index contributed by atoms with van der Waals surface area (Å²) < 4.78 is 6.41. The van der Waals surface area contributed by atoms with Crippen LogP contribution < -0.4 is 10.1 Å². The molecule has 1 aliphatic rings. The van der Waals surface area contributed by atoms with Crippen molar-refractivity contribution in [3.05, 3.63) is 18.2 Å². The number of fused-ring (bicyclic) bond motifs is 1. The minimum absolute atomic E-state index is 0.151. The summed E-state index contributed by atoms with van der Waals surface area (Å²) in [7, 11) is 1.69. The van der Waals surface area contributed by atoms with E-state index in [2.05, 4.69) is 24.1 Å². The number of benzene rings is 1. The van der Waals surface area contributed by atoms with Crippen LogP contribution in [0.4, 0.5) is 5.13 Å². The highest BCUT2D eigenvalue weighted by atomic mass is 32.1. The van der Waals surface area contributed by atoms with Crippen LogP contribution in [0, 0.1) is 5.92 Å². The van der Waals surface area contributed by atoms with Gasteiger partial charge in [-0.15, -0.1) is 0 Å². The van der Waals surface area contributed by atoms with Crippen LogP contribution in [0.3, 0.4) is 0 Å². The molecule has 3 rings (SSSR count). The van der Waals surface area contributed by atoms with Crippen molar-refractivity contribution < 1.29 is 4.74 Å². The number of thiazole rings is 1. The lowest BCUT2D eigenvalue weighted by molar-refractivity contribution is 0.415. The lowest BCUT2D eigenvalue weighted by Gasteiger charge is -2.25. The molecule has 18 heavy (non-hydrogen) atoms. The molecular formula is C14H18N2OS. The van der Waals surface area contributed by atoms with Crippen molar-refractivity contribution in [2.75, 3.05) is 12.4 Å². The van der Waals surface area contributed by atoms with Crippen LogP contribution in [-0.2, 0) is 0 Å². The molecule has 4 heteroatoms. The molecule has 1 heterocycles. The lowest BCUT2D eigenvalue weighted by Crippen LogP contribution is -2.33. The predicted octanol–water partition coefficient (Wildman–Crippen LogP) is 3.91. The van der Waals surface area contributed by atoms with Crippen molar-refractivity contribution in [2.45, 2.75) is 32.2 Å². The molecule has 0 bridgehead atoms. The van der Waals surface area contributed by atoms with Crippen molar-refractivity contribution in [3.8, 4) is 5.75 Å². The van der Waals surface area contributed by atoms with E-state index in [1.165, 1.54) is 17.5 Å². The van der Waals surface area contributed by atoms with Gasteiger partial charge in [-0.25, -0.2) is 4.98 Å². The maximum absolute atomic E-state index is 5.24. The van der Waals surface area contributed by atoms with Crippen molar-refractivity contribution in [3.63, 3.8) is 0 Å². The first kappa shape index (κ1) is 11.8. The van der Waals surface area contributed by atoms with E-state index in [9.17, 15) is 0 Å². The van der Waals surface area contributed by atoms with Gasteiger partial charge in [0.05, 0.1) is 17.3 Å². The Morgan fingerprint density at radius 2 is 2.17 bits per heavy atom. The van der Waals surface area contributed by atoms with Crippen LogP contribution in [-0.4, -0.2) is 17.6 Å². The zero-order valence-electron chi connectivity index (χ0n) is 11.0. The quantitative estimate of drug-likeness (QED) is 0.907. The Kier molecular flexibility index (Phi) is 2.70. The molecule has 1 aromatic carbocycles. The fraction of sp³-hybridized carbons (Fsp3) is 0.500. The third-order valence-electron chi connectivity index (χ3n) is 3.62. The second-order valence-electron chi connectivity index (χ2n) is 5.47. The summed E-state index contributed by atoms with van der Waals surface area (Å²) in [5.41, 5.74) is 1.19. The highest BCUT2D eigenvalue weighted by molar-refractivity contribution is 7.22. The lowest BCUT2D eigenvalue weighted by atomic mass is 9.99. The number of aromatic nitrogens is 1. The van der Waals surface area contributed by atoms with E-state index in [0.29, 0.717) is 0 Å². The van der Waals surface area contributed by atoms with E-state index in [1.54, 1.807) is 18.4 Å². The number of anilines is 1. The zero-order chi connectivity index (χ0) is 12.8. The van der Waals surface area contributed by atoms with E-state index >= 15 is 0 Å². The Hall–Kier alpha value is -1.29. The van der Waals surface area contributed by atoms with Crippen LogP contribution in [0.5, 0.6) is 5.75 Å². The maximum atomic E-state index is 5.24. The Balaban J connectivity index is 1.88. The topological polar surface area (TPSA) is 34.1 Å². The molecule has 0 aliphatic heterocycles. The fourth-order valence-electron chi connectivity index (χ4n) is 2.27. The average molecular weight is 262 g/mol. The molecule has 0 spiro atoms. The smallest absolute Gasteiger partial charge is 0.184 e. The van der Waals surface area contributed by atoms with Crippen LogP contribution >= 0.6 is 11.3 Å². The second-order valence-corrected chi connectivity index (χ2v) is 6.50. The minimum atomic E-state index is 0.151. The van der Waals surface area contributed by atoms with Crippen molar-refractivity contribution in [2.24, 2.45) is 5.92 Å². The second kappa shape index (κ2) is 4.12. The highest BCUT2D eigenvalue weighted by Gasteiger charge is 2.38. The molecule has 1 aliphatic carbocycles. The molecule has 1 N–H and O–H groups in total. The molecule has 0 saturated heterocycles. The summed E-state index contributed by atoms with van der Waals surface area (Å²) in [6.45, 7) is 4.52. The molecule has 1 saturated carbocycles. The average Bonchev–Trinajstić information content (AvgIpc) is 3.10. The van der Waals surface area contributed by atoms with Gasteiger partial charge in [-0.3, -0.25) is 0 Å². The molecule has 0 radical (unpaired) electrons. The van der Waals surface area contributed by atoms with Crippen molar-refractivity contribution in [1.82, 2.24) is 4.98 Å². The van der Waals surface area contributed by atoms with Gasteiger partial charge < -0.3 is 10.1 Å². The van der Waals surface area contributed by atoms with E-state index in [4.69, 9.17) is 4.74 Å². The SMILES string of the molecule is COc1ccc2nc(NC(C)(C)C3CC3)sc2c1. The Morgan fingerprint density at radius 3 is 2.83 bits per heavy atom. The highest BCUT2D eigenvalue weighted by Crippen LogP contribution is 2.42. The summed E-state index contributed by atoms with van der Waals surface area (Å²) in [5, 5.41) is 4.58. The monoisotopic (exact) mass is 262 g/mol. The van der Waals surface area contributed by atoms with Gasteiger partial charge in [0.2, 0.25) is 0 Å². The number of methoxy groups -OCH3 is 1. The van der Waals surface area contributed by atoms with Gasteiger partial charge in [-0.1, -0.05) is 11.3 Å². The number of rotatable bonds is 4. The summed E-state index contributed by atoms with van der Waals surface area (Å²) in [6, 6.07) is 6.01. The Bertz CT molecular complexity index is 572. The number of hydrogen-bond acceptors (Lipinski definition) is 4. The maximum Gasteiger partial charge on any atom is 0.184 e.